The average molecular weight is 450 g/mol. The molecule has 2 aliphatic rings. The number of likely N-dealkylation sites (tertiary alicyclic amines) is 1. The fraction of sp³-hybridized carbons (Fsp3) is 0.636. The van der Waals surface area contributed by atoms with Crippen molar-refractivity contribution >= 4 is 21.9 Å². The lowest BCUT2D eigenvalue weighted by atomic mass is 10.2. The van der Waals surface area contributed by atoms with Gasteiger partial charge in [0.1, 0.15) is 0 Å². The van der Waals surface area contributed by atoms with Crippen LogP contribution in [0.15, 0.2) is 34.2 Å². The van der Waals surface area contributed by atoms with Crippen molar-refractivity contribution in [1.82, 2.24) is 19.8 Å². The Kier molecular flexibility index (Phi) is 8.71. The van der Waals surface area contributed by atoms with Crippen LogP contribution < -0.4 is 10.6 Å². The predicted octanol–water partition coefficient (Wildman–Crippen LogP) is 1.93. The van der Waals surface area contributed by atoms with Crippen molar-refractivity contribution in [2.24, 2.45) is 4.99 Å². The lowest BCUT2D eigenvalue weighted by molar-refractivity contribution is -0.127. The zero-order valence-corrected chi connectivity index (χ0v) is 19.3. The minimum Gasteiger partial charge on any atom is -0.357 e. The first-order chi connectivity index (χ1) is 15.0. The van der Waals surface area contributed by atoms with Crippen molar-refractivity contribution in [3.8, 4) is 0 Å². The Hall–Kier alpha value is -2.13. The molecule has 1 aromatic rings. The lowest BCUT2D eigenvalue weighted by Gasteiger charge is -2.26. The van der Waals surface area contributed by atoms with Crippen LogP contribution in [0.1, 0.15) is 51.0 Å². The van der Waals surface area contributed by atoms with E-state index in [0.717, 1.165) is 63.8 Å². The van der Waals surface area contributed by atoms with Crippen molar-refractivity contribution in [3.05, 3.63) is 29.8 Å². The average Bonchev–Trinajstić information content (AvgIpc) is 3.20. The second kappa shape index (κ2) is 11.5. The van der Waals surface area contributed by atoms with Crippen LogP contribution in [0.2, 0.25) is 0 Å². The monoisotopic (exact) mass is 449 g/mol. The molecular weight excluding hydrogens is 414 g/mol. The van der Waals surface area contributed by atoms with Crippen LogP contribution in [0.5, 0.6) is 0 Å². The normalized spacial score (nSPS) is 18.4. The van der Waals surface area contributed by atoms with Gasteiger partial charge >= 0.3 is 0 Å². The maximum absolute atomic E-state index is 12.9. The van der Waals surface area contributed by atoms with E-state index in [4.69, 9.17) is 0 Å². The van der Waals surface area contributed by atoms with Gasteiger partial charge in [0.05, 0.1) is 11.4 Å². The third-order valence-electron chi connectivity index (χ3n) is 5.68. The van der Waals surface area contributed by atoms with E-state index in [0.29, 0.717) is 36.9 Å². The molecule has 2 N–H and O–H groups in total. The molecule has 0 bridgehead atoms. The van der Waals surface area contributed by atoms with Gasteiger partial charge in [-0.2, -0.15) is 4.31 Å². The summed E-state index contributed by atoms with van der Waals surface area (Å²) in [6, 6.07) is 7.09. The third kappa shape index (κ3) is 6.67. The number of amides is 1. The molecule has 8 nitrogen and oxygen atoms in total. The molecule has 2 saturated heterocycles. The Balaban J connectivity index is 1.56. The van der Waals surface area contributed by atoms with Crippen molar-refractivity contribution < 1.29 is 13.2 Å². The first-order valence-corrected chi connectivity index (χ1v) is 12.8. The Morgan fingerprint density at radius 2 is 1.90 bits per heavy atom. The van der Waals surface area contributed by atoms with Gasteiger partial charge in [-0.1, -0.05) is 18.6 Å². The van der Waals surface area contributed by atoms with Gasteiger partial charge < -0.3 is 15.5 Å². The summed E-state index contributed by atoms with van der Waals surface area (Å²) in [5.41, 5.74) is 0.859. The van der Waals surface area contributed by atoms with Crippen LogP contribution in [0.3, 0.4) is 0 Å². The van der Waals surface area contributed by atoms with Crippen LogP contribution in [0.25, 0.3) is 0 Å². The maximum atomic E-state index is 12.9. The smallest absolute Gasteiger partial charge is 0.243 e. The van der Waals surface area contributed by atoms with Crippen molar-refractivity contribution in [2.45, 2.75) is 56.9 Å². The van der Waals surface area contributed by atoms with Gasteiger partial charge in [0.15, 0.2) is 5.96 Å². The number of guanidine groups is 1. The highest BCUT2D eigenvalue weighted by atomic mass is 32.2. The summed E-state index contributed by atoms with van der Waals surface area (Å²) >= 11 is 0. The molecule has 1 aromatic carbocycles. The molecule has 0 aromatic heterocycles. The molecule has 2 aliphatic heterocycles. The van der Waals surface area contributed by atoms with Gasteiger partial charge in [-0.05, 0) is 50.3 Å². The van der Waals surface area contributed by atoms with E-state index < -0.39 is 10.0 Å². The van der Waals surface area contributed by atoms with Gasteiger partial charge in [0.25, 0.3) is 0 Å². The maximum Gasteiger partial charge on any atom is 0.243 e. The number of aliphatic imine (C=N–C) groups is 1. The number of sulfonamides is 1. The zero-order chi connectivity index (χ0) is 22.1. The summed E-state index contributed by atoms with van der Waals surface area (Å²) in [5.74, 6) is 0.944. The Labute approximate surface area is 186 Å². The van der Waals surface area contributed by atoms with Crippen LogP contribution in [0, 0.1) is 0 Å². The summed E-state index contributed by atoms with van der Waals surface area (Å²) in [7, 11) is -3.44. The summed E-state index contributed by atoms with van der Waals surface area (Å²) in [5, 5.41) is 6.52. The molecule has 0 spiro atoms. The molecule has 0 radical (unpaired) electrons. The first-order valence-electron chi connectivity index (χ1n) is 11.4. The van der Waals surface area contributed by atoms with Crippen molar-refractivity contribution in [3.63, 3.8) is 0 Å². The molecule has 31 heavy (non-hydrogen) atoms. The standard InChI is InChI=1S/C22H35N5O3S/c1-2-23-22(24-12-8-14-26-13-7-11-21(26)28)25-18-19-9-6-10-20(17-19)31(29,30)27-15-4-3-5-16-27/h6,9-10,17H,2-5,7-8,11-16,18H2,1H3,(H2,23,24,25). The highest BCUT2D eigenvalue weighted by Crippen LogP contribution is 2.21. The fourth-order valence-corrected chi connectivity index (χ4v) is 5.58. The van der Waals surface area contributed by atoms with Crippen LogP contribution in [0.4, 0.5) is 0 Å². The number of hydrogen-bond donors (Lipinski definition) is 2. The van der Waals surface area contributed by atoms with Gasteiger partial charge in [0.2, 0.25) is 15.9 Å². The van der Waals surface area contributed by atoms with E-state index in [1.165, 1.54) is 0 Å². The second-order valence-corrected chi connectivity index (χ2v) is 10.0. The fourth-order valence-electron chi connectivity index (χ4n) is 3.99. The minimum atomic E-state index is -3.44. The van der Waals surface area contributed by atoms with Gasteiger partial charge in [0, 0.05) is 45.7 Å². The molecule has 0 unspecified atom stereocenters. The highest BCUT2D eigenvalue weighted by Gasteiger charge is 2.26. The molecule has 2 fully saturated rings. The van der Waals surface area contributed by atoms with Crippen LogP contribution >= 0.6 is 0 Å². The molecule has 1 amide bonds. The second-order valence-electron chi connectivity index (χ2n) is 8.07. The molecule has 172 valence electrons. The van der Waals surface area contributed by atoms with Gasteiger partial charge in [-0.25, -0.2) is 13.4 Å². The van der Waals surface area contributed by atoms with Crippen LogP contribution in [-0.2, 0) is 21.4 Å². The molecule has 2 heterocycles. The zero-order valence-electron chi connectivity index (χ0n) is 18.5. The molecule has 0 aliphatic carbocycles. The SMILES string of the molecule is CCNC(=NCc1cccc(S(=O)(=O)N2CCCCC2)c1)NCCCN1CCCC1=O. The molecule has 0 saturated carbocycles. The first kappa shape index (κ1) is 23.5. The number of rotatable bonds is 9. The van der Waals surface area contributed by atoms with Crippen LogP contribution in [-0.4, -0.2) is 68.8 Å². The van der Waals surface area contributed by atoms with E-state index in [9.17, 15) is 13.2 Å². The summed E-state index contributed by atoms with van der Waals surface area (Å²) in [6.07, 6.45) is 5.43. The summed E-state index contributed by atoms with van der Waals surface area (Å²) in [4.78, 5) is 18.6. The molecule has 3 rings (SSSR count). The highest BCUT2D eigenvalue weighted by molar-refractivity contribution is 7.89. The number of carbonyl (C=O) groups excluding carboxylic acids is 1. The molecule has 0 atom stereocenters. The lowest BCUT2D eigenvalue weighted by Crippen LogP contribution is -2.39. The Morgan fingerprint density at radius 1 is 1.10 bits per heavy atom. The number of nitrogens with one attached hydrogen (secondary N) is 2. The number of hydrogen-bond acceptors (Lipinski definition) is 4. The Bertz CT molecular complexity index is 866. The summed E-state index contributed by atoms with van der Waals surface area (Å²) in [6.45, 7) is 6.68. The molecule has 9 heteroatoms. The number of benzene rings is 1. The van der Waals surface area contributed by atoms with E-state index in [-0.39, 0.29) is 5.91 Å². The van der Waals surface area contributed by atoms with Gasteiger partial charge in [-0.3, -0.25) is 4.79 Å². The number of carbonyl (C=O) groups is 1. The minimum absolute atomic E-state index is 0.250. The third-order valence-corrected chi connectivity index (χ3v) is 7.58. The quantitative estimate of drug-likeness (QED) is 0.341. The van der Waals surface area contributed by atoms with Crippen molar-refractivity contribution in [2.75, 3.05) is 39.3 Å². The Morgan fingerprint density at radius 3 is 2.61 bits per heavy atom. The topological polar surface area (TPSA) is 94.1 Å². The summed E-state index contributed by atoms with van der Waals surface area (Å²) < 4.78 is 27.4. The van der Waals surface area contributed by atoms with E-state index in [1.807, 2.05) is 17.9 Å². The van der Waals surface area contributed by atoms with E-state index >= 15 is 0 Å². The van der Waals surface area contributed by atoms with E-state index in [1.54, 1.807) is 22.5 Å². The van der Waals surface area contributed by atoms with E-state index in [2.05, 4.69) is 15.6 Å². The largest absolute Gasteiger partial charge is 0.357 e. The number of nitrogens with zero attached hydrogens (tertiary/aromatic N) is 3. The van der Waals surface area contributed by atoms with Gasteiger partial charge in [-0.15, -0.1) is 0 Å². The predicted molar refractivity (Wildman–Crippen MR) is 122 cm³/mol. The molecular formula is C22H35N5O3S. The van der Waals surface area contributed by atoms with Crippen molar-refractivity contribution in [1.29, 1.82) is 0 Å². The number of piperidine rings is 1.